The van der Waals surface area contributed by atoms with Crippen molar-refractivity contribution in [2.75, 3.05) is 12.4 Å². The Labute approximate surface area is 146 Å². The molecule has 6 heteroatoms. The maximum absolute atomic E-state index is 12.8. The quantitative estimate of drug-likeness (QED) is 0.637. The van der Waals surface area contributed by atoms with Gasteiger partial charge in [0.25, 0.3) is 11.6 Å². The number of nitro benzene ring substituents is 1. The lowest BCUT2D eigenvalue weighted by Crippen LogP contribution is -2.29. The number of hydrogen-bond acceptors (Lipinski definition) is 4. The standard InChI is InChI=1S/C19H21N3O3/c1-13(14-6-4-3-5-7-14)21(2)19(23)15-8-11-17(20-16-9-10-16)18(12-15)22(24)25/h3-8,11-13,16,20H,9-10H2,1-2H3. The summed E-state index contributed by atoms with van der Waals surface area (Å²) in [5.74, 6) is -0.238. The van der Waals surface area contributed by atoms with Gasteiger partial charge >= 0.3 is 0 Å². The Morgan fingerprint density at radius 2 is 1.92 bits per heavy atom. The molecule has 2 aromatic rings. The van der Waals surface area contributed by atoms with E-state index in [1.807, 2.05) is 37.3 Å². The number of benzene rings is 2. The number of nitrogens with one attached hydrogen (secondary N) is 1. The summed E-state index contributed by atoms with van der Waals surface area (Å²) in [6.45, 7) is 1.94. The van der Waals surface area contributed by atoms with Gasteiger partial charge in [-0.3, -0.25) is 14.9 Å². The summed E-state index contributed by atoms with van der Waals surface area (Å²) in [6.07, 6.45) is 2.05. The van der Waals surface area contributed by atoms with Gasteiger partial charge in [-0.25, -0.2) is 0 Å². The third-order valence-corrected chi connectivity index (χ3v) is 4.56. The van der Waals surface area contributed by atoms with E-state index in [0.29, 0.717) is 17.3 Å². The van der Waals surface area contributed by atoms with Gasteiger partial charge in [-0.15, -0.1) is 0 Å². The van der Waals surface area contributed by atoms with Crippen LogP contribution in [0.1, 0.15) is 41.7 Å². The highest BCUT2D eigenvalue weighted by molar-refractivity contribution is 5.95. The molecule has 1 aliphatic rings. The lowest BCUT2D eigenvalue weighted by Gasteiger charge is -2.25. The Kier molecular flexibility index (Phi) is 4.70. The number of nitrogens with zero attached hydrogens (tertiary/aromatic N) is 2. The number of rotatable bonds is 6. The van der Waals surface area contributed by atoms with Crippen molar-refractivity contribution in [2.45, 2.75) is 31.8 Å². The fraction of sp³-hybridized carbons (Fsp3) is 0.316. The first-order valence-corrected chi connectivity index (χ1v) is 8.34. The van der Waals surface area contributed by atoms with Gasteiger partial charge in [-0.2, -0.15) is 0 Å². The predicted molar refractivity (Wildman–Crippen MR) is 96.7 cm³/mol. The van der Waals surface area contributed by atoms with E-state index in [9.17, 15) is 14.9 Å². The fourth-order valence-corrected chi connectivity index (χ4v) is 2.72. The molecule has 1 unspecified atom stereocenters. The topological polar surface area (TPSA) is 75.5 Å². The van der Waals surface area contributed by atoms with E-state index < -0.39 is 4.92 Å². The van der Waals surface area contributed by atoms with Crippen LogP contribution in [0.15, 0.2) is 48.5 Å². The minimum atomic E-state index is -0.442. The van der Waals surface area contributed by atoms with Gasteiger partial charge in [0.15, 0.2) is 0 Å². The van der Waals surface area contributed by atoms with Crippen LogP contribution in [0.5, 0.6) is 0 Å². The lowest BCUT2D eigenvalue weighted by atomic mass is 10.1. The van der Waals surface area contributed by atoms with Crippen LogP contribution in [0.4, 0.5) is 11.4 Å². The number of amides is 1. The van der Waals surface area contributed by atoms with E-state index in [-0.39, 0.29) is 17.6 Å². The van der Waals surface area contributed by atoms with Crippen LogP contribution in [0, 0.1) is 10.1 Å². The maximum atomic E-state index is 12.8. The van der Waals surface area contributed by atoms with E-state index >= 15 is 0 Å². The second kappa shape index (κ2) is 6.93. The maximum Gasteiger partial charge on any atom is 0.293 e. The van der Waals surface area contributed by atoms with E-state index in [0.717, 1.165) is 18.4 Å². The minimum Gasteiger partial charge on any atom is -0.377 e. The summed E-state index contributed by atoms with van der Waals surface area (Å²) >= 11 is 0. The first-order chi connectivity index (χ1) is 12.0. The zero-order chi connectivity index (χ0) is 18.0. The molecule has 6 nitrogen and oxygen atoms in total. The molecule has 0 heterocycles. The average molecular weight is 339 g/mol. The first kappa shape index (κ1) is 17.0. The van der Waals surface area contributed by atoms with Crippen LogP contribution in [0.2, 0.25) is 0 Å². The van der Waals surface area contributed by atoms with Crippen LogP contribution in [0.25, 0.3) is 0 Å². The molecule has 1 fully saturated rings. The average Bonchev–Trinajstić information content (AvgIpc) is 3.44. The van der Waals surface area contributed by atoms with Crippen molar-refractivity contribution in [3.63, 3.8) is 0 Å². The second-order valence-electron chi connectivity index (χ2n) is 6.41. The second-order valence-corrected chi connectivity index (χ2v) is 6.41. The largest absolute Gasteiger partial charge is 0.377 e. The zero-order valence-electron chi connectivity index (χ0n) is 14.3. The van der Waals surface area contributed by atoms with Crippen LogP contribution >= 0.6 is 0 Å². The summed E-state index contributed by atoms with van der Waals surface area (Å²) in [6, 6.07) is 14.5. The number of anilines is 1. The predicted octanol–water partition coefficient (Wildman–Crippen LogP) is 4.00. The van der Waals surface area contributed by atoms with E-state index in [2.05, 4.69) is 5.32 Å². The molecule has 1 atom stereocenters. The molecule has 0 saturated heterocycles. The molecule has 0 aromatic heterocycles. The molecular weight excluding hydrogens is 318 g/mol. The molecule has 0 bridgehead atoms. The molecule has 1 N–H and O–H groups in total. The third-order valence-electron chi connectivity index (χ3n) is 4.56. The number of hydrogen-bond donors (Lipinski definition) is 1. The Bertz CT molecular complexity index is 788. The minimum absolute atomic E-state index is 0.0569. The Balaban J connectivity index is 1.83. The van der Waals surface area contributed by atoms with Crippen LogP contribution in [-0.4, -0.2) is 28.8 Å². The highest BCUT2D eigenvalue weighted by Crippen LogP contribution is 2.32. The van der Waals surface area contributed by atoms with Gasteiger partial charge in [0.05, 0.1) is 11.0 Å². The summed E-state index contributed by atoms with van der Waals surface area (Å²) in [4.78, 5) is 25.3. The van der Waals surface area contributed by atoms with E-state index in [1.54, 1.807) is 24.1 Å². The van der Waals surface area contributed by atoms with Gasteiger partial charge in [0.1, 0.15) is 5.69 Å². The van der Waals surface area contributed by atoms with Crippen molar-refractivity contribution in [3.8, 4) is 0 Å². The van der Waals surface area contributed by atoms with Crippen molar-refractivity contribution >= 4 is 17.3 Å². The molecule has 0 spiro atoms. The Morgan fingerprint density at radius 1 is 1.24 bits per heavy atom. The summed E-state index contributed by atoms with van der Waals surface area (Å²) < 4.78 is 0. The van der Waals surface area contributed by atoms with Crippen LogP contribution in [-0.2, 0) is 0 Å². The molecule has 3 rings (SSSR count). The molecule has 130 valence electrons. The zero-order valence-corrected chi connectivity index (χ0v) is 14.3. The van der Waals surface area contributed by atoms with Crippen molar-refractivity contribution < 1.29 is 9.72 Å². The van der Waals surface area contributed by atoms with Gasteiger partial charge in [-0.05, 0) is 37.5 Å². The molecule has 0 radical (unpaired) electrons. The van der Waals surface area contributed by atoms with Gasteiger partial charge in [0.2, 0.25) is 0 Å². The number of carbonyl (C=O) groups excluding carboxylic acids is 1. The third kappa shape index (κ3) is 3.79. The highest BCUT2D eigenvalue weighted by Gasteiger charge is 2.26. The van der Waals surface area contributed by atoms with E-state index in [1.165, 1.54) is 6.07 Å². The number of nitro groups is 1. The summed E-state index contributed by atoms with van der Waals surface area (Å²) in [5, 5.41) is 14.5. The normalized spacial score (nSPS) is 14.6. The molecule has 1 saturated carbocycles. The lowest BCUT2D eigenvalue weighted by molar-refractivity contribution is -0.384. The fourth-order valence-electron chi connectivity index (χ4n) is 2.72. The highest BCUT2D eigenvalue weighted by atomic mass is 16.6. The van der Waals surface area contributed by atoms with Gasteiger partial charge < -0.3 is 10.2 Å². The molecule has 1 aliphatic carbocycles. The van der Waals surface area contributed by atoms with Gasteiger partial charge in [-0.1, -0.05) is 30.3 Å². The molecule has 1 amide bonds. The Hall–Kier alpha value is -2.89. The van der Waals surface area contributed by atoms with Crippen LogP contribution < -0.4 is 5.32 Å². The van der Waals surface area contributed by atoms with Crippen molar-refractivity contribution in [2.24, 2.45) is 0 Å². The SMILES string of the molecule is CC(c1ccccc1)N(C)C(=O)c1ccc(NC2CC2)c([N+](=O)[O-])c1. The van der Waals surface area contributed by atoms with E-state index in [4.69, 9.17) is 0 Å². The molecule has 25 heavy (non-hydrogen) atoms. The Morgan fingerprint density at radius 3 is 2.52 bits per heavy atom. The van der Waals surface area contributed by atoms with Crippen molar-refractivity contribution in [1.29, 1.82) is 0 Å². The molecular formula is C19H21N3O3. The van der Waals surface area contributed by atoms with Crippen LogP contribution in [0.3, 0.4) is 0 Å². The summed E-state index contributed by atoms with van der Waals surface area (Å²) in [7, 11) is 1.71. The van der Waals surface area contributed by atoms with Crippen molar-refractivity contribution in [1.82, 2.24) is 4.90 Å². The monoisotopic (exact) mass is 339 g/mol. The number of carbonyl (C=O) groups is 1. The molecule has 2 aromatic carbocycles. The summed E-state index contributed by atoms with van der Waals surface area (Å²) in [5.41, 5.74) is 1.75. The molecule has 0 aliphatic heterocycles. The smallest absolute Gasteiger partial charge is 0.293 e. The van der Waals surface area contributed by atoms with Crippen molar-refractivity contribution in [3.05, 3.63) is 69.8 Å². The van der Waals surface area contributed by atoms with Gasteiger partial charge in [0, 0.05) is 24.7 Å². The first-order valence-electron chi connectivity index (χ1n) is 8.34.